The first-order valence-corrected chi connectivity index (χ1v) is 6.80. The van der Waals surface area contributed by atoms with Crippen LogP contribution < -0.4 is 0 Å². The number of ether oxygens (including phenoxy) is 1. The molecule has 1 heterocycles. The maximum atomic E-state index is 13.2. The third-order valence-corrected chi connectivity index (χ3v) is 3.76. The predicted molar refractivity (Wildman–Crippen MR) is 71.8 cm³/mol. The summed E-state index contributed by atoms with van der Waals surface area (Å²) in [5.41, 5.74) is 0.190. The molecule has 1 saturated heterocycles. The SMILES string of the molecule is CC(C(=O)c1ccc(F)c(F)c1)N(C)CC1CCCO1. The van der Waals surface area contributed by atoms with Crippen molar-refractivity contribution >= 4 is 5.78 Å². The molecule has 0 saturated carbocycles. The molecule has 0 aliphatic carbocycles. The Kier molecular flexibility index (Phi) is 4.83. The molecule has 2 atom stereocenters. The molecule has 1 aromatic carbocycles. The molecular formula is C15H19F2NO2. The second-order valence-electron chi connectivity index (χ2n) is 5.24. The zero-order valence-corrected chi connectivity index (χ0v) is 11.7. The van der Waals surface area contributed by atoms with E-state index in [0.29, 0.717) is 6.54 Å². The van der Waals surface area contributed by atoms with Gasteiger partial charge in [0.1, 0.15) is 0 Å². The lowest BCUT2D eigenvalue weighted by Crippen LogP contribution is -2.40. The van der Waals surface area contributed by atoms with E-state index in [1.165, 1.54) is 6.07 Å². The highest BCUT2D eigenvalue weighted by Gasteiger charge is 2.24. The van der Waals surface area contributed by atoms with Crippen LogP contribution in [0.2, 0.25) is 0 Å². The molecule has 5 heteroatoms. The highest BCUT2D eigenvalue weighted by molar-refractivity contribution is 5.99. The molecular weight excluding hydrogens is 264 g/mol. The molecule has 1 aliphatic rings. The van der Waals surface area contributed by atoms with Crippen molar-refractivity contribution in [1.82, 2.24) is 4.90 Å². The number of hydrogen-bond donors (Lipinski definition) is 0. The van der Waals surface area contributed by atoms with Crippen molar-refractivity contribution in [2.75, 3.05) is 20.2 Å². The van der Waals surface area contributed by atoms with Gasteiger partial charge in [-0.05, 0) is 45.0 Å². The van der Waals surface area contributed by atoms with Crippen molar-refractivity contribution in [2.24, 2.45) is 0 Å². The molecule has 20 heavy (non-hydrogen) atoms. The van der Waals surface area contributed by atoms with Gasteiger partial charge in [-0.2, -0.15) is 0 Å². The van der Waals surface area contributed by atoms with E-state index in [4.69, 9.17) is 4.74 Å². The summed E-state index contributed by atoms with van der Waals surface area (Å²) in [5.74, 6) is -2.16. The van der Waals surface area contributed by atoms with Gasteiger partial charge in [0, 0.05) is 18.7 Å². The summed E-state index contributed by atoms with van der Waals surface area (Å²) in [6, 6.07) is 2.85. The number of rotatable bonds is 5. The standard InChI is InChI=1S/C15H19F2NO2/c1-10(18(2)9-12-4-3-7-20-12)15(19)11-5-6-13(16)14(17)8-11/h5-6,8,10,12H,3-4,7,9H2,1-2H3. The second kappa shape index (κ2) is 6.41. The zero-order chi connectivity index (χ0) is 14.7. The number of Topliss-reactive ketones (excluding diaryl/α,β-unsaturated/α-hetero) is 1. The third-order valence-electron chi connectivity index (χ3n) is 3.76. The first-order valence-electron chi connectivity index (χ1n) is 6.80. The molecule has 0 N–H and O–H groups in total. The van der Waals surface area contributed by atoms with Gasteiger partial charge in [0.15, 0.2) is 17.4 Å². The van der Waals surface area contributed by atoms with Gasteiger partial charge in [0.25, 0.3) is 0 Å². The summed E-state index contributed by atoms with van der Waals surface area (Å²) in [6.07, 6.45) is 2.20. The fourth-order valence-corrected chi connectivity index (χ4v) is 2.36. The Balaban J connectivity index is 2.01. The van der Waals surface area contributed by atoms with E-state index in [0.717, 1.165) is 31.6 Å². The Morgan fingerprint density at radius 1 is 1.45 bits per heavy atom. The van der Waals surface area contributed by atoms with E-state index in [1.807, 2.05) is 11.9 Å². The van der Waals surface area contributed by atoms with Gasteiger partial charge in [-0.3, -0.25) is 9.69 Å². The van der Waals surface area contributed by atoms with Crippen molar-refractivity contribution < 1.29 is 18.3 Å². The first-order chi connectivity index (χ1) is 9.49. The van der Waals surface area contributed by atoms with Crippen LogP contribution in [0.1, 0.15) is 30.1 Å². The van der Waals surface area contributed by atoms with Crippen molar-refractivity contribution in [2.45, 2.75) is 31.9 Å². The number of hydrogen-bond acceptors (Lipinski definition) is 3. The normalized spacial score (nSPS) is 20.4. The van der Waals surface area contributed by atoms with Gasteiger partial charge in [0.2, 0.25) is 0 Å². The number of carbonyl (C=O) groups is 1. The minimum atomic E-state index is -0.996. The Morgan fingerprint density at radius 2 is 2.20 bits per heavy atom. The molecule has 3 nitrogen and oxygen atoms in total. The van der Waals surface area contributed by atoms with Crippen LogP contribution in [0.5, 0.6) is 0 Å². The number of ketones is 1. The van der Waals surface area contributed by atoms with Gasteiger partial charge in [-0.15, -0.1) is 0 Å². The lowest BCUT2D eigenvalue weighted by atomic mass is 10.0. The maximum Gasteiger partial charge on any atom is 0.179 e. The molecule has 0 radical (unpaired) electrons. The van der Waals surface area contributed by atoms with E-state index < -0.39 is 17.7 Å². The van der Waals surface area contributed by atoms with Crippen molar-refractivity contribution in [1.29, 1.82) is 0 Å². The summed E-state index contributed by atoms with van der Waals surface area (Å²) < 4.78 is 31.6. The van der Waals surface area contributed by atoms with Crippen LogP contribution in [0.15, 0.2) is 18.2 Å². The van der Waals surface area contributed by atoms with Crippen molar-refractivity contribution in [3.05, 3.63) is 35.4 Å². The Hall–Kier alpha value is -1.33. The van der Waals surface area contributed by atoms with Crippen LogP contribution in [-0.4, -0.2) is 43.0 Å². The molecule has 110 valence electrons. The zero-order valence-electron chi connectivity index (χ0n) is 11.7. The van der Waals surface area contributed by atoms with Crippen LogP contribution in [0.25, 0.3) is 0 Å². The Labute approximate surface area is 117 Å². The molecule has 2 unspecified atom stereocenters. The minimum Gasteiger partial charge on any atom is -0.377 e. The molecule has 0 bridgehead atoms. The maximum absolute atomic E-state index is 13.2. The average molecular weight is 283 g/mol. The minimum absolute atomic E-state index is 0.153. The molecule has 0 aromatic heterocycles. The van der Waals surface area contributed by atoms with Gasteiger partial charge in [0.05, 0.1) is 12.1 Å². The van der Waals surface area contributed by atoms with E-state index in [2.05, 4.69) is 0 Å². The number of carbonyl (C=O) groups excluding carboxylic acids is 1. The Bertz CT molecular complexity index is 487. The van der Waals surface area contributed by atoms with Gasteiger partial charge in [-0.1, -0.05) is 0 Å². The predicted octanol–water partition coefficient (Wildman–Crippen LogP) is 2.65. The van der Waals surface area contributed by atoms with Crippen LogP contribution in [-0.2, 0) is 4.74 Å². The van der Waals surface area contributed by atoms with Crippen LogP contribution in [0, 0.1) is 11.6 Å². The monoisotopic (exact) mass is 283 g/mol. The average Bonchev–Trinajstić information content (AvgIpc) is 2.93. The fourth-order valence-electron chi connectivity index (χ4n) is 2.36. The number of nitrogens with zero attached hydrogens (tertiary/aromatic N) is 1. The van der Waals surface area contributed by atoms with Gasteiger partial charge >= 0.3 is 0 Å². The third kappa shape index (κ3) is 3.41. The molecule has 2 rings (SSSR count). The second-order valence-corrected chi connectivity index (χ2v) is 5.24. The van der Waals surface area contributed by atoms with E-state index in [9.17, 15) is 13.6 Å². The molecule has 0 amide bonds. The van der Waals surface area contributed by atoms with Crippen LogP contribution >= 0.6 is 0 Å². The topological polar surface area (TPSA) is 29.5 Å². The summed E-state index contributed by atoms with van der Waals surface area (Å²) in [6.45, 7) is 3.19. The van der Waals surface area contributed by atoms with E-state index in [-0.39, 0.29) is 17.5 Å². The van der Waals surface area contributed by atoms with E-state index >= 15 is 0 Å². The molecule has 1 aliphatic heterocycles. The summed E-state index contributed by atoms with van der Waals surface area (Å²) in [7, 11) is 1.84. The summed E-state index contributed by atoms with van der Waals surface area (Å²) >= 11 is 0. The number of benzene rings is 1. The van der Waals surface area contributed by atoms with Gasteiger partial charge in [-0.25, -0.2) is 8.78 Å². The lowest BCUT2D eigenvalue weighted by Gasteiger charge is -2.26. The lowest BCUT2D eigenvalue weighted by molar-refractivity contribution is 0.0620. The summed E-state index contributed by atoms with van der Waals surface area (Å²) in [5, 5.41) is 0. The summed E-state index contributed by atoms with van der Waals surface area (Å²) in [4.78, 5) is 14.1. The highest BCUT2D eigenvalue weighted by atomic mass is 19.2. The quantitative estimate of drug-likeness (QED) is 0.778. The highest BCUT2D eigenvalue weighted by Crippen LogP contribution is 2.16. The van der Waals surface area contributed by atoms with Crippen molar-refractivity contribution in [3.8, 4) is 0 Å². The van der Waals surface area contributed by atoms with Crippen molar-refractivity contribution in [3.63, 3.8) is 0 Å². The fraction of sp³-hybridized carbons (Fsp3) is 0.533. The first kappa shape index (κ1) is 15.1. The van der Waals surface area contributed by atoms with E-state index in [1.54, 1.807) is 6.92 Å². The number of likely N-dealkylation sites (N-methyl/N-ethyl adjacent to an activating group) is 1. The van der Waals surface area contributed by atoms with Crippen LogP contribution in [0.3, 0.4) is 0 Å². The Morgan fingerprint density at radius 3 is 2.80 bits per heavy atom. The smallest absolute Gasteiger partial charge is 0.179 e. The number of halogens is 2. The largest absolute Gasteiger partial charge is 0.377 e. The molecule has 0 spiro atoms. The molecule has 1 fully saturated rings. The van der Waals surface area contributed by atoms with Gasteiger partial charge < -0.3 is 4.74 Å². The van der Waals surface area contributed by atoms with Crippen LogP contribution in [0.4, 0.5) is 8.78 Å². The molecule has 1 aromatic rings.